The van der Waals surface area contributed by atoms with Gasteiger partial charge in [0.15, 0.2) is 0 Å². The van der Waals surface area contributed by atoms with E-state index in [1.165, 1.54) is 14.6 Å². The van der Waals surface area contributed by atoms with Gasteiger partial charge in [0.25, 0.3) is 0 Å². The molecule has 0 aromatic heterocycles. The lowest BCUT2D eigenvalue weighted by Crippen LogP contribution is -2.49. The van der Waals surface area contributed by atoms with Crippen molar-refractivity contribution in [3.8, 4) is 0 Å². The van der Waals surface area contributed by atoms with E-state index in [0.29, 0.717) is 11.0 Å². The molecule has 4 nitrogen and oxygen atoms in total. The number of carbonyl (C=O) groups excluding carboxylic acids is 1. The number of ether oxygens (including phenoxy) is 1. The van der Waals surface area contributed by atoms with Crippen molar-refractivity contribution in [3.05, 3.63) is 29.3 Å². The van der Waals surface area contributed by atoms with Crippen LogP contribution in [-0.4, -0.2) is 36.9 Å². The fourth-order valence-electron chi connectivity index (χ4n) is 1.51. The summed E-state index contributed by atoms with van der Waals surface area (Å²) in [6, 6.07) is 5.46. The molecule has 21 heavy (non-hydrogen) atoms. The molecule has 0 spiro atoms. The van der Waals surface area contributed by atoms with Gasteiger partial charge in [-0.2, -0.15) is 0 Å². The summed E-state index contributed by atoms with van der Waals surface area (Å²) in [6.07, 6.45) is 0. The van der Waals surface area contributed by atoms with Gasteiger partial charge < -0.3 is 14.5 Å². The van der Waals surface area contributed by atoms with E-state index in [1.807, 2.05) is 12.1 Å². The van der Waals surface area contributed by atoms with Gasteiger partial charge in [-0.1, -0.05) is 34.7 Å². The fourth-order valence-corrected chi connectivity index (χ4v) is 2.17. The minimum atomic E-state index is -1.02. The molecule has 0 heterocycles. The molecule has 1 N–H and O–H groups in total. The van der Waals surface area contributed by atoms with Crippen LogP contribution >= 0.6 is 22.6 Å². The van der Waals surface area contributed by atoms with Crippen molar-refractivity contribution in [1.29, 1.82) is 0 Å². The maximum Gasteiger partial charge on any atom is 0.337 e. The molecule has 1 radical (unpaired) electrons. The normalized spacial score (nSPS) is 12.1. The van der Waals surface area contributed by atoms with Crippen LogP contribution in [-0.2, 0) is 13.8 Å². The zero-order valence-corrected chi connectivity index (χ0v) is 15.2. The molecule has 0 bridgehead atoms. The Hall–Kier alpha value is -0.595. The van der Waals surface area contributed by atoms with E-state index in [9.17, 15) is 9.90 Å². The van der Waals surface area contributed by atoms with E-state index < -0.39 is 17.2 Å². The van der Waals surface area contributed by atoms with E-state index in [2.05, 4.69) is 22.6 Å². The van der Waals surface area contributed by atoms with E-state index in [-0.39, 0.29) is 0 Å². The molecule has 0 saturated heterocycles. The van der Waals surface area contributed by atoms with Gasteiger partial charge in [-0.25, -0.2) is 4.79 Å². The standard InChI is InChI=1S/C15H21BIO4/c1-14(2,19)15(3,4)21-16-12-10(9-17)7-6-8-11(12)13(18)20-5/h6-8,19H,9H2,1-5H3. The molecule has 0 unspecified atom stereocenters. The Kier molecular flexibility index (Phi) is 6.25. The van der Waals surface area contributed by atoms with E-state index in [1.54, 1.807) is 33.8 Å². The summed E-state index contributed by atoms with van der Waals surface area (Å²) < 4.78 is 11.3. The molecule has 1 rings (SSSR count). The maximum atomic E-state index is 11.9. The second-order valence-electron chi connectivity index (χ2n) is 5.81. The third kappa shape index (κ3) is 4.44. The lowest BCUT2D eigenvalue weighted by Gasteiger charge is -2.37. The quantitative estimate of drug-likeness (QED) is 0.343. The molecule has 0 saturated carbocycles. The average Bonchev–Trinajstić information content (AvgIpc) is 2.42. The molecule has 0 fully saturated rings. The molecule has 1 aromatic rings. The number of hydrogen-bond donors (Lipinski definition) is 1. The van der Waals surface area contributed by atoms with Gasteiger partial charge in [0.05, 0.1) is 23.9 Å². The first-order chi connectivity index (χ1) is 9.64. The highest BCUT2D eigenvalue weighted by atomic mass is 127. The van der Waals surface area contributed by atoms with Crippen LogP contribution in [0.1, 0.15) is 43.6 Å². The summed E-state index contributed by atoms with van der Waals surface area (Å²) in [5.74, 6) is -0.405. The van der Waals surface area contributed by atoms with Crippen molar-refractivity contribution >= 4 is 41.5 Å². The first-order valence-electron chi connectivity index (χ1n) is 6.63. The Morgan fingerprint density at radius 1 is 1.33 bits per heavy atom. The predicted molar refractivity (Wildman–Crippen MR) is 92.4 cm³/mol. The number of carbonyl (C=O) groups is 1. The molecule has 0 atom stereocenters. The molecule has 0 aliphatic rings. The third-order valence-electron chi connectivity index (χ3n) is 3.69. The summed E-state index contributed by atoms with van der Waals surface area (Å²) >= 11 is 2.23. The van der Waals surface area contributed by atoms with Crippen LogP contribution in [0.2, 0.25) is 0 Å². The molecule has 0 aliphatic heterocycles. The van der Waals surface area contributed by atoms with E-state index >= 15 is 0 Å². The second kappa shape index (κ2) is 7.11. The van der Waals surface area contributed by atoms with Crippen LogP contribution in [0, 0.1) is 0 Å². The minimum absolute atomic E-state index is 0.405. The Labute approximate surface area is 140 Å². The van der Waals surface area contributed by atoms with Gasteiger partial charge in [-0.05, 0) is 44.8 Å². The van der Waals surface area contributed by atoms with Gasteiger partial charge in [-0.3, -0.25) is 0 Å². The van der Waals surface area contributed by atoms with Gasteiger partial charge >= 0.3 is 13.5 Å². The lowest BCUT2D eigenvalue weighted by atomic mass is 9.78. The Morgan fingerprint density at radius 2 is 1.95 bits per heavy atom. The van der Waals surface area contributed by atoms with E-state index in [4.69, 9.17) is 9.39 Å². The summed E-state index contributed by atoms with van der Waals surface area (Å²) in [5, 5.41) is 10.1. The van der Waals surface area contributed by atoms with Crippen molar-refractivity contribution in [1.82, 2.24) is 0 Å². The van der Waals surface area contributed by atoms with Crippen LogP contribution in [0.4, 0.5) is 0 Å². The highest BCUT2D eigenvalue weighted by molar-refractivity contribution is 14.1. The maximum absolute atomic E-state index is 11.9. The summed E-state index contributed by atoms with van der Waals surface area (Å²) in [5.41, 5.74) is 0.312. The largest absolute Gasteiger partial charge is 0.465 e. The van der Waals surface area contributed by atoms with Crippen LogP contribution in [0.15, 0.2) is 18.2 Å². The molecular formula is C15H21BIO4. The monoisotopic (exact) mass is 403 g/mol. The average molecular weight is 403 g/mol. The van der Waals surface area contributed by atoms with Crippen LogP contribution in [0.5, 0.6) is 0 Å². The lowest BCUT2D eigenvalue weighted by molar-refractivity contribution is -0.0893. The van der Waals surface area contributed by atoms with Gasteiger partial charge in [0.1, 0.15) is 0 Å². The number of alkyl halides is 1. The number of methoxy groups -OCH3 is 1. The second-order valence-corrected chi connectivity index (χ2v) is 6.57. The fraction of sp³-hybridized carbons (Fsp3) is 0.533. The number of esters is 1. The predicted octanol–water partition coefficient (Wildman–Crippen LogP) is 2.22. The zero-order valence-electron chi connectivity index (χ0n) is 13.1. The summed E-state index contributed by atoms with van der Waals surface area (Å²) in [4.78, 5) is 11.9. The summed E-state index contributed by atoms with van der Waals surface area (Å²) in [6.45, 7) is 6.97. The smallest absolute Gasteiger partial charge is 0.337 e. The van der Waals surface area contributed by atoms with Gasteiger partial charge in [0.2, 0.25) is 0 Å². The Morgan fingerprint density at radius 3 is 2.43 bits per heavy atom. The van der Waals surface area contributed by atoms with Crippen molar-refractivity contribution in [2.75, 3.05) is 7.11 Å². The molecule has 115 valence electrons. The topological polar surface area (TPSA) is 55.8 Å². The molecule has 0 aliphatic carbocycles. The first kappa shape index (κ1) is 18.5. The highest BCUT2D eigenvalue weighted by Crippen LogP contribution is 2.24. The van der Waals surface area contributed by atoms with Gasteiger partial charge in [0, 0.05) is 4.43 Å². The molecule has 1 aromatic carbocycles. The van der Waals surface area contributed by atoms with Gasteiger partial charge in [-0.15, -0.1) is 0 Å². The van der Waals surface area contributed by atoms with Crippen molar-refractivity contribution in [2.24, 2.45) is 0 Å². The molecule has 6 heteroatoms. The Balaban J connectivity index is 3.10. The SMILES string of the molecule is COC(=O)c1cccc(CI)c1[B]OC(C)(C)C(C)(C)O. The van der Waals surface area contributed by atoms with Crippen LogP contribution in [0.3, 0.4) is 0 Å². The zero-order chi connectivity index (χ0) is 16.3. The minimum Gasteiger partial charge on any atom is -0.465 e. The molecular weight excluding hydrogens is 382 g/mol. The number of benzene rings is 1. The van der Waals surface area contributed by atoms with Crippen molar-refractivity contribution in [2.45, 2.75) is 43.3 Å². The van der Waals surface area contributed by atoms with Crippen LogP contribution < -0.4 is 5.46 Å². The number of halogens is 1. The van der Waals surface area contributed by atoms with Crippen molar-refractivity contribution < 1.29 is 19.3 Å². The van der Waals surface area contributed by atoms with Crippen molar-refractivity contribution in [3.63, 3.8) is 0 Å². The number of hydrogen-bond acceptors (Lipinski definition) is 4. The molecule has 0 amide bonds. The number of rotatable bonds is 6. The third-order valence-corrected chi connectivity index (χ3v) is 4.51. The van der Waals surface area contributed by atoms with E-state index in [0.717, 1.165) is 9.99 Å². The first-order valence-corrected chi connectivity index (χ1v) is 8.16. The summed E-state index contributed by atoms with van der Waals surface area (Å²) in [7, 11) is 2.89. The number of aliphatic hydroxyl groups is 1. The van der Waals surface area contributed by atoms with Crippen LogP contribution in [0.25, 0.3) is 0 Å². The highest BCUT2D eigenvalue weighted by Gasteiger charge is 2.36. The Bertz CT molecular complexity index is 509.